The molecular weight excluding hydrogens is 468 g/mol. The Kier molecular flexibility index (Phi) is 6.95. The van der Waals surface area contributed by atoms with Crippen LogP contribution >= 0.6 is 0 Å². The van der Waals surface area contributed by atoms with Gasteiger partial charge in [-0.1, -0.05) is 36.4 Å². The molecule has 2 N–H and O–H groups in total. The number of carbonyl (C=O) groups excluding carboxylic acids is 2. The van der Waals surface area contributed by atoms with Crippen molar-refractivity contribution >= 4 is 39.6 Å². The molecule has 1 amide bonds. The van der Waals surface area contributed by atoms with Crippen molar-refractivity contribution in [2.75, 3.05) is 24.6 Å². The first-order valence-corrected chi connectivity index (χ1v) is 12.4. The molecule has 1 fully saturated rings. The van der Waals surface area contributed by atoms with E-state index in [1.54, 1.807) is 19.1 Å². The Balaban J connectivity index is 1.39. The molecule has 1 atom stereocenters. The van der Waals surface area contributed by atoms with Crippen LogP contribution in [0.15, 0.2) is 60.7 Å². The minimum atomic E-state index is -0.431. The number of nitrogens with one attached hydrogen (secondary N) is 2. The van der Waals surface area contributed by atoms with Crippen LogP contribution in [0.3, 0.4) is 0 Å². The van der Waals surface area contributed by atoms with E-state index in [0.717, 1.165) is 52.4 Å². The third-order valence-corrected chi connectivity index (χ3v) is 6.66. The lowest BCUT2D eigenvalue weighted by Crippen LogP contribution is -2.48. The Morgan fingerprint density at radius 1 is 1.14 bits per heavy atom. The molecule has 8 nitrogen and oxygen atoms in total. The summed E-state index contributed by atoms with van der Waals surface area (Å²) < 4.78 is 10.6. The largest absolute Gasteiger partial charge is 0.462 e. The van der Waals surface area contributed by atoms with Gasteiger partial charge in [0.05, 0.1) is 23.3 Å². The predicted octanol–water partition coefficient (Wildman–Crippen LogP) is 5.26. The van der Waals surface area contributed by atoms with Gasteiger partial charge in [-0.05, 0) is 49.6 Å². The number of H-pyrrole nitrogens is 1. The third kappa shape index (κ3) is 5.07. The molecule has 2 heterocycles. The molecule has 1 aliphatic rings. The van der Waals surface area contributed by atoms with Gasteiger partial charge in [0.2, 0.25) is 0 Å². The van der Waals surface area contributed by atoms with Crippen LogP contribution in [-0.2, 0) is 16.1 Å². The Bertz CT molecular complexity index is 1490. The summed E-state index contributed by atoms with van der Waals surface area (Å²) in [6.45, 7) is 3.74. The molecule has 0 unspecified atom stereocenters. The fourth-order valence-electron chi connectivity index (χ4n) is 4.94. The molecular formula is C29H28N4O4. The van der Waals surface area contributed by atoms with Crippen LogP contribution in [0.5, 0.6) is 0 Å². The van der Waals surface area contributed by atoms with Gasteiger partial charge in [-0.15, -0.1) is 0 Å². The number of nitrogens with zero attached hydrogens (tertiary/aromatic N) is 2. The van der Waals surface area contributed by atoms with Gasteiger partial charge >= 0.3 is 12.1 Å². The van der Waals surface area contributed by atoms with E-state index in [1.165, 1.54) is 0 Å². The van der Waals surface area contributed by atoms with Crippen LogP contribution in [0.1, 0.15) is 41.3 Å². The second-order valence-corrected chi connectivity index (χ2v) is 9.09. The van der Waals surface area contributed by atoms with Crippen molar-refractivity contribution in [1.29, 1.82) is 5.26 Å². The van der Waals surface area contributed by atoms with Gasteiger partial charge in [0.1, 0.15) is 12.7 Å². The van der Waals surface area contributed by atoms with Crippen molar-refractivity contribution in [1.82, 2.24) is 10.3 Å². The lowest BCUT2D eigenvalue weighted by atomic mass is 10.0. The zero-order valence-corrected chi connectivity index (χ0v) is 20.6. The maximum Gasteiger partial charge on any atom is 0.407 e. The first-order valence-electron chi connectivity index (χ1n) is 12.4. The van der Waals surface area contributed by atoms with Crippen LogP contribution < -0.4 is 10.2 Å². The number of alkyl carbamates (subject to hydrolysis) is 1. The maximum absolute atomic E-state index is 12.5. The van der Waals surface area contributed by atoms with Crippen LogP contribution in [0, 0.1) is 11.3 Å². The van der Waals surface area contributed by atoms with Crippen molar-refractivity contribution in [3.05, 3.63) is 77.4 Å². The number of amides is 1. The third-order valence-electron chi connectivity index (χ3n) is 6.66. The molecule has 8 heteroatoms. The van der Waals surface area contributed by atoms with Gasteiger partial charge in [0, 0.05) is 41.1 Å². The highest BCUT2D eigenvalue weighted by molar-refractivity contribution is 6.16. The summed E-state index contributed by atoms with van der Waals surface area (Å²) in [4.78, 5) is 30.3. The summed E-state index contributed by atoms with van der Waals surface area (Å²) in [6, 6.07) is 21.0. The van der Waals surface area contributed by atoms with Gasteiger partial charge in [-0.25, -0.2) is 9.59 Å². The summed E-state index contributed by atoms with van der Waals surface area (Å²) in [5.74, 6) is -0.382. The summed E-state index contributed by atoms with van der Waals surface area (Å²) in [6.07, 6.45) is 1.33. The van der Waals surface area contributed by atoms with Gasteiger partial charge in [0.25, 0.3) is 0 Å². The predicted molar refractivity (Wildman–Crippen MR) is 141 cm³/mol. The molecule has 5 rings (SSSR count). The van der Waals surface area contributed by atoms with Gasteiger partial charge in [-0.3, -0.25) is 0 Å². The fraction of sp³-hybridized carbons (Fsp3) is 0.276. The van der Waals surface area contributed by atoms with Gasteiger partial charge < -0.3 is 24.7 Å². The summed E-state index contributed by atoms with van der Waals surface area (Å²) in [7, 11) is 0. The smallest absolute Gasteiger partial charge is 0.407 e. The lowest BCUT2D eigenvalue weighted by Gasteiger charge is -2.35. The zero-order chi connectivity index (χ0) is 25.8. The number of carbonyl (C=O) groups is 2. The number of nitriles is 1. The van der Waals surface area contributed by atoms with Crippen LogP contribution in [0.2, 0.25) is 0 Å². The van der Waals surface area contributed by atoms with Gasteiger partial charge in [-0.2, -0.15) is 5.26 Å². The van der Waals surface area contributed by atoms with Crippen LogP contribution in [-0.4, -0.2) is 42.8 Å². The second kappa shape index (κ2) is 10.6. The summed E-state index contributed by atoms with van der Waals surface area (Å²) in [5, 5.41) is 14.6. The zero-order valence-electron chi connectivity index (χ0n) is 20.6. The highest BCUT2D eigenvalue weighted by atomic mass is 16.5. The molecule has 1 saturated heterocycles. The molecule has 4 aromatic rings. The first-order chi connectivity index (χ1) is 18.1. The normalized spacial score (nSPS) is 15.4. The number of piperidine rings is 1. The van der Waals surface area contributed by atoms with Gasteiger partial charge in [0.15, 0.2) is 0 Å². The standard InChI is InChI=1S/C29H28N4O4/c1-2-36-28(34)20-10-12-23-24(15-20)32-27-21(16-30)11-13-25(26(23)27)33-14-6-9-22(17-33)31-29(35)37-18-19-7-4-3-5-8-19/h3-5,7-8,10-13,15,22,32H,2,6,9,14,17-18H2,1H3,(H,31,35)/t22-/m1/s1. The molecule has 3 aromatic carbocycles. The molecule has 188 valence electrons. The SMILES string of the molecule is CCOC(=O)c1ccc2c(c1)[nH]c1c(C#N)ccc(N3CCC[C@@H](NC(=O)OCc4ccccc4)C3)c12. The van der Waals surface area contributed by atoms with E-state index in [0.29, 0.717) is 24.3 Å². The summed E-state index contributed by atoms with van der Waals surface area (Å²) >= 11 is 0. The average molecular weight is 497 g/mol. The quantitative estimate of drug-likeness (QED) is 0.353. The molecule has 0 radical (unpaired) electrons. The van der Waals surface area contributed by atoms with Crippen LogP contribution in [0.4, 0.5) is 10.5 Å². The van der Waals surface area contributed by atoms with Crippen molar-refractivity contribution in [3.63, 3.8) is 0 Å². The Morgan fingerprint density at radius 2 is 1.97 bits per heavy atom. The lowest BCUT2D eigenvalue weighted by molar-refractivity contribution is 0.0526. The van der Waals surface area contributed by atoms with E-state index in [4.69, 9.17) is 9.47 Å². The van der Waals surface area contributed by atoms with Crippen molar-refractivity contribution in [3.8, 4) is 6.07 Å². The number of aromatic amines is 1. The number of fused-ring (bicyclic) bond motifs is 3. The van der Waals surface area contributed by atoms with E-state index < -0.39 is 6.09 Å². The fourth-order valence-corrected chi connectivity index (χ4v) is 4.94. The first kappa shape index (κ1) is 24.2. The highest BCUT2D eigenvalue weighted by Gasteiger charge is 2.25. The second-order valence-electron chi connectivity index (χ2n) is 9.09. The van der Waals surface area contributed by atoms with Crippen molar-refractivity contribution in [2.45, 2.75) is 32.4 Å². The number of aromatic nitrogens is 1. The molecule has 1 aliphatic heterocycles. The molecule has 1 aromatic heterocycles. The number of anilines is 1. The van der Waals surface area contributed by atoms with Crippen molar-refractivity contribution in [2.24, 2.45) is 0 Å². The van der Waals surface area contributed by atoms with E-state index in [1.807, 2.05) is 48.5 Å². The highest BCUT2D eigenvalue weighted by Crippen LogP contribution is 2.37. The van der Waals surface area contributed by atoms with Crippen LogP contribution in [0.25, 0.3) is 21.8 Å². The number of rotatable bonds is 6. The van der Waals surface area contributed by atoms with E-state index >= 15 is 0 Å². The monoisotopic (exact) mass is 496 g/mol. The molecule has 37 heavy (non-hydrogen) atoms. The molecule has 0 saturated carbocycles. The minimum absolute atomic E-state index is 0.0664. The van der Waals surface area contributed by atoms with Crippen molar-refractivity contribution < 1.29 is 19.1 Å². The summed E-state index contributed by atoms with van der Waals surface area (Å²) in [5.41, 5.74) is 4.40. The number of esters is 1. The van der Waals surface area contributed by atoms with E-state index in [2.05, 4.69) is 21.3 Å². The number of ether oxygens (including phenoxy) is 2. The Labute approximate surface area is 214 Å². The Morgan fingerprint density at radius 3 is 2.76 bits per heavy atom. The number of hydrogen-bond acceptors (Lipinski definition) is 6. The van der Waals surface area contributed by atoms with E-state index in [-0.39, 0.29) is 18.6 Å². The molecule has 0 bridgehead atoms. The maximum atomic E-state index is 12.5. The molecule has 0 aliphatic carbocycles. The Hall–Kier alpha value is -4.51. The average Bonchev–Trinajstić information content (AvgIpc) is 3.31. The number of hydrogen-bond donors (Lipinski definition) is 2. The molecule has 0 spiro atoms. The van der Waals surface area contributed by atoms with E-state index in [9.17, 15) is 14.9 Å². The topological polar surface area (TPSA) is 107 Å². The number of benzene rings is 3. The minimum Gasteiger partial charge on any atom is -0.462 e.